The van der Waals surface area contributed by atoms with Crippen molar-refractivity contribution in [3.8, 4) is 0 Å². The van der Waals surface area contributed by atoms with E-state index in [1.54, 1.807) is 17.0 Å². The lowest BCUT2D eigenvalue weighted by Crippen LogP contribution is -2.43. The molecule has 0 aliphatic carbocycles. The molecule has 1 atom stereocenters. The smallest absolute Gasteiger partial charge is 0.257 e. The van der Waals surface area contributed by atoms with Crippen LogP contribution in [0.1, 0.15) is 23.0 Å². The van der Waals surface area contributed by atoms with Gasteiger partial charge in [0.05, 0.1) is 0 Å². The van der Waals surface area contributed by atoms with Crippen LogP contribution in [-0.2, 0) is 6.42 Å². The Kier molecular flexibility index (Phi) is 3.53. The largest absolute Gasteiger partial charge is 0.312 e. The van der Waals surface area contributed by atoms with E-state index < -0.39 is 6.17 Å². The zero-order chi connectivity index (χ0) is 18.4. The maximum absolute atomic E-state index is 12.7. The number of aryl methyl sites for hydroxylation is 1. The highest BCUT2D eigenvalue weighted by molar-refractivity contribution is 6.06. The minimum Gasteiger partial charge on any atom is -0.312 e. The topological polar surface area (TPSA) is 75.4 Å². The first-order valence-electron chi connectivity index (χ1n) is 8.91. The maximum Gasteiger partial charge on any atom is 0.257 e. The molecule has 0 radical (unpaired) electrons. The number of nitrogens with zero attached hydrogens (tertiary/aromatic N) is 5. The van der Waals surface area contributed by atoms with Crippen molar-refractivity contribution in [1.29, 1.82) is 0 Å². The first kappa shape index (κ1) is 15.7. The summed E-state index contributed by atoms with van der Waals surface area (Å²) >= 11 is 0. The Bertz CT molecular complexity index is 1100. The van der Waals surface area contributed by atoms with E-state index in [1.807, 2.05) is 25.1 Å². The van der Waals surface area contributed by atoms with Crippen LogP contribution in [0.5, 0.6) is 0 Å². The molecule has 0 saturated heterocycles. The Morgan fingerprint density at radius 1 is 1.19 bits per heavy atom. The molecule has 2 aliphatic heterocycles. The summed E-state index contributed by atoms with van der Waals surface area (Å²) in [6.07, 6.45) is 3.91. The van der Waals surface area contributed by atoms with Gasteiger partial charge < -0.3 is 4.90 Å². The van der Waals surface area contributed by atoms with Crippen molar-refractivity contribution in [3.05, 3.63) is 82.0 Å². The first-order valence-corrected chi connectivity index (χ1v) is 8.91. The Labute approximate surface area is 156 Å². The van der Waals surface area contributed by atoms with E-state index in [0.29, 0.717) is 17.6 Å². The fourth-order valence-electron chi connectivity index (χ4n) is 3.68. The first-order chi connectivity index (χ1) is 13.2. The number of hydrogen-bond acceptors (Lipinski definition) is 6. The predicted molar refractivity (Wildman–Crippen MR) is 104 cm³/mol. The molecule has 2 aliphatic rings. The highest BCUT2D eigenvalue weighted by Gasteiger charge is 2.30. The summed E-state index contributed by atoms with van der Waals surface area (Å²) in [6.45, 7) is 2.65. The van der Waals surface area contributed by atoms with Crippen molar-refractivity contribution in [2.75, 3.05) is 16.8 Å². The Hall–Kier alpha value is -3.48. The molecule has 4 heterocycles. The van der Waals surface area contributed by atoms with Gasteiger partial charge in [-0.1, -0.05) is 24.3 Å². The van der Waals surface area contributed by atoms with Gasteiger partial charge in [0.2, 0.25) is 11.9 Å². The van der Waals surface area contributed by atoms with E-state index in [9.17, 15) is 4.79 Å². The lowest BCUT2D eigenvalue weighted by molar-refractivity contribution is 0.573. The molecule has 0 bridgehead atoms. The number of guanidine groups is 1. The van der Waals surface area contributed by atoms with Gasteiger partial charge in [0.15, 0.2) is 6.17 Å². The predicted octanol–water partition coefficient (Wildman–Crippen LogP) is 2.34. The molecule has 0 amide bonds. The van der Waals surface area contributed by atoms with Gasteiger partial charge in [0.1, 0.15) is 0 Å². The molecule has 134 valence electrons. The van der Waals surface area contributed by atoms with Gasteiger partial charge in [0, 0.05) is 41.9 Å². The van der Waals surface area contributed by atoms with Gasteiger partial charge >= 0.3 is 0 Å². The summed E-state index contributed by atoms with van der Waals surface area (Å²) < 4.78 is 1.58. The Balaban J connectivity index is 1.66. The van der Waals surface area contributed by atoms with E-state index in [0.717, 1.165) is 24.2 Å². The minimum atomic E-state index is -0.502. The van der Waals surface area contributed by atoms with Gasteiger partial charge in [0.25, 0.3) is 5.56 Å². The van der Waals surface area contributed by atoms with Crippen molar-refractivity contribution in [3.63, 3.8) is 0 Å². The van der Waals surface area contributed by atoms with Crippen LogP contribution in [0.4, 0.5) is 11.6 Å². The molecule has 5 rings (SSSR count). The van der Waals surface area contributed by atoms with Crippen molar-refractivity contribution >= 4 is 17.6 Å². The van der Waals surface area contributed by atoms with Crippen molar-refractivity contribution in [2.24, 2.45) is 4.99 Å². The fraction of sp³-hybridized carbons (Fsp3) is 0.200. The average molecular weight is 358 g/mol. The number of fused-ring (bicyclic) bond motifs is 2. The van der Waals surface area contributed by atoms with Gasteiger partial charge in [-0.3, -0.25) is 19.7 Å². The Morgan fingerprint density at radius 2 is 2.07 bits per heavy atom. The lowest BCUT2D eigenvalue weighted by atomic mass is 10.2. The summed E-state index contributed by atoms with van der Waals surface area (Å²) in [5.41, 5.74) is 3.81. The van der Waals surface area contributed by atoms with Crippen molar-refractivity contribution in [2.45, 2.75) is 19.5 Å². The second-order valence-corrected chi connectivity index (χ2v) is 6.70. The SMILES string of the molecule is Cc1cc(=O)n2c(n1)NC(N1CCc3ccccc31)=N[C@@H]2c1cccnc1. The monoisotopic (exact) mass is 358 g/mol. The fourth-order valence-corrected chi connectivity index (χ4v) is 3.68. The summed E-state index contributed by atoms with van der Waals surface area (Å²) in [5.74, 6) is 1.20. The van der Waals surface area contributed by atoms with Crippen LogP contribution in [0.2, 0.25) is 0 Å². The number of aliphatic imine (C=N–C) groups is 1. The van der Waals surface area contributed by atoms with Crippen LogP contribution in [-0.4, -0.2) is 27.0 Å². The average Bonchev–Trinajstić information content (AvgIpc) is 3.11. The van der Waals surface area contributed by atoms with Crippen LogP contribution in [0.3, 0.4) is 0 Å². The molecule has 0 saturated carbocycles. The van der Waals surface area contributed by atoms with E-state index in [4.69, 9.17) is 4.99 Å². The number of anilines is 2. The molecule has 0 fully saturated rings. The molecule has 3 aromatic rings. The highest BCUT2D eigenvalue weighted by atomic mass is 16.1. The quantitative estimate of drug-likeness (QED) is 0.723. The van der Waals surface area contributed by atoms with Crippen LogP contribution < -0.4 is 15.8 Å². The Morgan fingerprint density at radius 3 is 2.93 bits per heavy atom. The molecule has 27 heavy (non-hydrogen) atoms. The number of para-hydroxylation sites is 1. The summed E-state index contributed by atoms with van der Waals surface area (Å²) in [7, 11) is 0. The van der Waals surface area contributed by atoms with Gasteiger partial charge in [-0.2, -0.15) is 0 Å². The zero-order valence-corrected chi connectivity index (χ0v) is 14.8. The third-order valence-electron chi connectivity index (χ3n) is 4.92. The molecule has 1 N–H and O–H groups in total. The van der Waals surface area contributed by atoms with Crippen molar-refractivity contribution in [1.82, 2.24) is 14.5 Å². The number of nitrogens with one attached hydrogen (secondary N) is 1. The number of pyridine rings is 1. The number of benzene rings is 1. The second-order valence-electron chi connectivity index (χ2n) is 6.70. The third kappa shape index (κ3) is 2.59. The summed E-state index contributed by atoms with van der Waals surface area (Å²) in [4.78, 5) is 28.5. The van der Waals surface area contributed by atoms with E-state index in [2.05, 4.69) is 38.4 Å². The zero-order valence-electron chi connectivity index (χ0n) is 14.8. The van der Waals surface area contributed by atoms with E-state index >= 15 is 0 Å². The van der Waals surface area contributed by atoms with Gasteiger partial charge in [-0.25, -0.2) is 9.98 Å². The van der Waals surface area contributed by atoms with E-state index in [-0.39, 0.29) is 5.56 Å². The standard InChI is InChI=1S/C20H18N6O/c1-13-11-17(27)26-18(15-6-4-9-21-12-15)23-19(24-20(26)22-13)25-10-8-14-5-2-3-7-16(14)25/h2-7,9,11-12,18H,8,10H2,1H3,(H,22,23,24)/t18-/m0/s1. The molecule has 7 heteroatoms. The van der Waals surface area contributed by atoms with Crippen molar-refractivity contribution < 1.29 is 0 Å². The molecular weight excluding hydrogens is 340 g/mol. The third-order valence-corrected chi connectivity index (χ3v) is 4.92. The summed E-state index contributed by atoms with van der Waals surface area (Å²) in [6, 6.07) is 13.6. The van der Waals surface area contributed by atoms with Crippen LogP contribution in [0, 0.1) is 6.92 Å². The number of hydrogen-bond donors (Lipinski definition) is 1. The molecule has 0 spiro atoms. The van der Waals surface area contributed by atoms with Gasteiger partial charge in [-0.15, -0.1) is 0 Å². The second kappa shape index (κ2) is 6.05. The van der Waals surface area contributed by atoms with Crippen LogP contribution in [0.15, 0.2) is 64.6 Å². The molecule has 7 nitrogen and oxygen atoms in total. The maximum atomic E-state index is 12.7. The highest BCUT2D eigenvalue weighted by Crippen LogP contribution is 2.31. The molecule has 0 unspecified atom stereocenters. The number of aromatic nitrogens is 3. The minimum absolute atomic E-state index is 0.136. The molecule has 2 aromatic heterocycles. The normalized spacial score (nSPS) is 17.7. The lowest BCUT2D eigenvalue weighted by Gasteiger charge is -2.30. The van der Waals surface area contributed by atoms with Crippen LogP contribution >= 0.6 is 0 Å². The molecule has 1 aromatic carbocycles. The molecular formula is C20H18N6O. The number of rotatable bonds is 1. The van der Waals surface area contributed by atoms with E-state index in [1.165, 1.54) is 11.6 Å². The van der Waals surface area contributed by atoms with Crippen LogP contribution in [0.25, 0.3) is 0 Å². The summed E-state index contributed by atoms with van der Waals surface area (Å²) in [5, 5.41) is 3.27. The van der Waals surface area contributed by atoms with Gasteiger partial charge in [-0.05, 0) is 31.0 Å².